The zero-order valence-corrected chi connectivity index (χ0v) is 10.5. The van der Waals surface area contributed by atoms with Crippen LogP contribution in [0.15, 0.2) is 12.2 Å². The maximum Gasteiger partial charge on any atom is 1.00 e. The van der Waals surface area contributed by atoms with Crippen molar-refractivity contribution in [2.75, 3.05) is 0 Å². The molecule has 0 saturated carbocycles. The first-order valence-corrected chi connectivity index (χ1v) is 4.17. The van der Waals surface area contributed by atoms with Gasteiger partial charge in [0.15, 0.2) is 0 Å². The van der Waals surface area contributed by atoms with Crippen LogP contribution in [-0.4, -0.2) is 17.0 Å². The summed E-state index contributed by atoms with van der Waals surface area (Å²) in [7, 11) is 0. The predicted octanol–water partition coefficient (Wildman–Crippen LogP) is -2.81. The Balaban J connectivity index is 0. The number of carboxylic acid groups (broad SMARTS) is 2. The van der Waals surface area contributed by atoms with Crippen LogP contribution in [0.2, 0.25) is 0 Å². The summed E-state index contributed by atoms with van der Waals surface area (Å²) < 4.78 is 0. The Morgan fingerprint density at radius 3 is 2.43 bits per heavy atom. The van der Waals surface area contributed by atoms with E-state index in [9.17, 15) is 14.7 Å². The van der Waals surface area contributed by atoms with Crippen LogP contribution in [0.25, 0.3) is 0 Å². The van der Waals surface area contributed by atoms with Crippen molar-refractivity contribution in [2.24, 2.45) is 5.92 Å². The first kappa shape index (κ1) is 16.1. The van der Waals surface area contributed by atoms with Gasteiger partial charge in [-0.05, 0) is 6.42 Å². The van der Waals surface area contributed by atoms with E-state index in [0.717, 1.165) is 12.8 Å². The van der Waals surface area contributed by atoms with E-state index in [1.165, 1.54) is 6.08 Å². The largest absolute Gasteiger partial charge is 1.00 e. The third-order valence-corrected chi connectivity index (χ3v) is 1.53. The second kappa shape index (κ2) is 9.24. The molecule has 0 spiro atoms. The summed E-state index contributed by atoms with van der Waals surface area (Å²) in [5.41, 5.74) is 0. The fraction of sp³-hybridized carbons (Fsp3) is 0.556. The molecule has 0 bridgehead atoms. The Kier molecular flexibility index (Phi) is 10.6. The van der Waals surface area contributed by atoms with Gasteiger partial charge in [-0.15, -0.1) is 0 Å². The topological polar surface area (TPSA) is 77.4 Å². The van der Waals surface area contributed by atoms with E-state index in [1.54, 1.807) is 6.08 Å². The number of unbranched alkanes of at least 4 members (excludes halogenated alkanes) is 1. The molecule has 0 amide bonds. The first-order valence-electron chi connectivity index (χ1n) is 4.17. The molecule has 0 heterocycles. The van der Waals surface area contributed by atoms with Gasteiger partial charge in [-0.2, -0.15) is 0 Å². The number of carbonyl (C=O) groups excluding carboxylic acids is 1. The number of rotatable bonds is 6. The van der Waals surface area contributed by atoms with Crippen molar-refractivity contribution in [2.45, 2.75) is 26.2 Å². The summed E-state index contributed by atoms with van der Waals surface area (Å²) in [6, 6.07) is 0. The monoisotopic (exact) mass is 208 g/mol. The van der Waals surface area contributed by atoms with Gasteiger partial charge in [-0.25, -0.2) is 0 Å². The molecule has 5 heteroatoms. The van der Waals surface area contributed by atoms with Crippen LogP contribution >= 0.6 is 0 Å². The summed E-state index contributed by atoms with van der Waals surface area (Å²) in [5, 5.41) is 18.7. The van der Waals surface area contributed by atoms with Gasteiger partial charge in [0.1, 0.15) is 0 Å². The number of aliphatic carboxylic acids is 2. The fourth-order valence-electron chi connectivity index (χ4n) is 0.844. The van der Waals surface area contributed by atoms with Crippen LogP contribution < -0.4 is 34.7 Å². The van der Waals surface area contributed by atoms with E-state index < -0.39 is 24.3 Å². The molecule has 0 radical (unpaired) electrons. The van der Waals surface area contributed by atoms with Crippen LogP contribution in [0.3, 0.4) is 0 Å². The van der Waals surface area contributed by atoms with Gasteiger partial charge in [0.05, 0.1) is 5.92 Å². The van der Waals surface area contributed by atoms with Crippen molar-refractivity contribution >= 4 is 11.9 Å². The molecule has 0 aromatic rings. The van der Waals surface area contributed by atoms with Crippen LogP contribution in [0.1, 0.15) is 26.2 Å². The van der Waals surface area contributed by atoms with Gasteiger partial charge in [-0.1, -0.05) is 25.5 Å². The van der Waals surface area contributed by atoms with Gasteiger partial charge in [0.25, 0.3) is 0 Å². The van der Waals surface area contributed by atoms with Crippen LogP contribution in [0.4, 0.5) is 0 Å². The van der Waals surface area contributed by atoms with E-state index in [1.807, 2.05) is 6.92 Å². The van der Waals surface area contributed by atoms with E-state index >= 15 is 0 Å². The molecule has 1 N–H and O–H groups in total. The zero-order chi connectivity index (χ0) is 10.3. The Morgan fingerprint density at radius 1 is 1.50 bits per heavy atom. The Bertz CT molecular complexity index is 213. The SMILES string of the molecule is CCC/C=C/C(CC(=O)[O-])C(=O)O.[Na+]. The molecule has 4 nitrogen and oxygen atoms in total. The summed E-state index contributed by atoms with van der Waals surface area (Å²) in [6.07, 6.45) is 4.30. The number of allylic oxidation sites excluding steroid dienone is 1. The Hall–Kier alpha value is -0.320. The second-order valence-corrected chi connectivity index (χ2v) is 2.74. The molecule has 74 valence electrons. The molecule has 0 aliphatic heterocycles. The van der Waals surface area contributed by atoms with Crippen molar-refractivity contribution in [1.29, 1.82) is 0 Å². The number of carboxylic acids is 2. The molecule has 0 aromatic carbocycles. The van der Waals surface area contributed by atoms with Gasteiger partial charge in [0.2, 0.25) is 0 Å². The van der Waals surface area contributed by atoms with E-state index in [-0.39, 0.29) is 29.6 Å². The van der Waals surface area contributed by atoms with Crippen LogP contribution in [0, 0.1) is 5.92 Å². The third kappa shape index (κ3) is 8.29. The average Bonchev–Trinajstić information content (AvgIpc) is 2.02. The molecule has 14 heavy (non-hydrogen) atoms. The summed E-state index contributed by atoms with van der Waals surface area (Å²) in [4.78, 5) is 20.6. The number of carbonyl (C=O) groups is 2. The van der Waals surface area contributed by atoms with Crippen molar-refractivity contribution < 1.29 is 49.4 Å². The zero-order valence-electron chi connectivity index (χ0n) is 8.53. The number of hydrogen-bond donors (Lipinski definition) is 1. The van der Waals surface area contributed by atoms with E-state index in [4.69, 9.17) is 5.11 Å². The maximum absolute atomic E-state index is 10.5. The standard InChI is InChI=1S/C9H14O4.Na/c1-2-3-4-5-7(9(12)13)6-8(10)11;/h4-5,7H,2-3,6H2,1H3,(H,10,11)(H,12,13);/q;+1/p-1/b5-4+;. The normalized spacial score (nSPS) is 12.1. The molecule has 0 saturated heterocycles. The van der Waals surface area contributed by atoms with Gasteiger partial charge >= 0.3 is 35.5 Å². The quantitative estimate of drug-likeness (QED) is 0.377. The van der Waals surface area contributed by atoms with E-state index in [2.05, 4.69) is 0 Å². The molecular formula is C9H13NaO4. The van der Waals surface area contributed by atoms with Crippen LogP contribution in [0.5, 0.6) is 0 Å². The van der Waals surface area contributed by atoms with Crippen molar-refractivity contribution in [1.82, 2.24) is 0 Å². The minimum Gasteiger partial charge on any atom is -0.550 e. The predicted molar refractivity (Wildman–Crippen MR) is 44.8 cm³/mol. The Morgan fingerprint density at radius 2 is 2.07 bits per heavy atom. The molecule has 0 aromatic heterocycles. The van der Waals surface area contributed by atoms with Crippen molar-refractivity contribution in [3.8, 4) is 0 Å². The van der Waals surface area contributed by atoms with Gasteiger partial charge < -0.3 is 15.0 Å². The molecule has 0 fully saturated rings. The maximum atomic E-state index is 10.5. The average molecular weight is 208 g/mol. The first-order chi connectivity index (χ1) is 6.07. The molecule has 0 rings (SSSR count). The van der Waals surface area contributed by atoms with Crippen molar-refractivity contribution in [3.05, 3.63) is 12.2 Å². The van der Waals surface area contributed by atoms with Gasteiger partial charge in [-0.3, -0.25) is 4.79 Å². The summed E-state index contributed by atoms with van der Waals surface area (Å²) in [6.45, 7) is 1.96. The summed E-state index contributed by atoms with van der Waals surface area (Å²) in [5.74, 6) is -3.43. The summed E-state index contributed by atoms with van der Waals surface area (Å²) >= 11 is 0. The second-order valence-electron chi connectivity index (χ2n) is 2.74. The number of hydrogen-bond acceptors (Lipinski definition) is 3. The van der Waals surface area contributed by atoms with Gasteiger partial charge in [0, 0.05) is 12.4 Å². The van der Waals surface area contributed by atoms with Crippen molar-refractivity contribution in [3.63, 3.8) is 0 Å². The molecule has 1 unspecified atom stereocenters. The van der Waals surface area contributed by atoms with E-state index in [0.29, 0.717) is 0 Å². The third-order valence-electron chi connectivity index (χ3n) is 1.53. The minimum atomic E-state index is -1.34. The molecule has 1 atom stereocenters. The molecule has 0 aliphatic carbocycles. The Labute approximate surface area is 105 Å². The van der Waals surface area contributed by atoms with Crippen LogP contribution in [-0.2, 0) is 9.59 Å². The fourth-order valence-corrected chi connectivity index (χ4v) is 0.844. The molecule has 0 aliphatic rings. The molecular weight excluding hydrogens is 195 g/mol. The minimum absolute atomic E-state index is 0. The smallest absolute Gasteiger partial charge is 0.550 e.